The lowest BCUT2D eigenvalue weighted by atomic mass is 10.1. The van der Waals surface area contributed by atoms with Gasteiger partial charge in [0.1, 0.15) is 0 Å². The summed E-state index contributed by atoms with van der Waals surface area (Å²) in [5, 5.41) is 4.02. The van der Waals surface area contributed by atoms with E-state index in [1.54, 1.807) is 12.1 Å². The van der Waals surface area contributed by atoms with E-state index >= 15 is 0 Å². The van der Waals surface area contributed by atoms with Crippen LogP contribution >= 0.6 is 0 Å². The number of aromatic nitrogens is 1. The van der Waals surface area contributed by atoms with Gasteiger partial charge >= 0.3 is 6.61 Å². The van der Waals surface area contributed by atoms with Gasteiger partial charge < -0.3 is 19.7 Å². The van der Waals surface area contributed by atoms with Crippen LogP contribution in [0.4, 0.5) is 14.5 Å². The van der Waals surface area contributed by atoms with E-state index in [1.807, 2.05) is 7.05 Å². The fourth-order valence-electron chi connectivity index (χ4n) is 4.33. The van der Waals surface area contributed by atoms with E-state index in [0.29, 0.717) is 12.4 Å². The molecule has 5 nitrogen and oxygen atoms in total. The molecule has 0 radical (unpaired) electrons. The molecule has 1 aliphatic heterocycles. The summed E-state index contributed by atoms with van der Waals surface area (Å²) in [6.45, 7) is 0.805. The summed E-state index contributed by atoms with van der Waals surface area (Å²) in [7, 11) is 1.85. The molecule has 1 N–H and O–H groups in total. The first kappa shape index (κ1) is 19.2. The molecule has 4 rings (SSSR count). The molecule has 0 spiro atoms. The standard InChI is InChI=1S/C21H27F2N3O2/c1-24-20-14-6-4-7-16(14)25-17-13-18(19(12-15(17)20)28-21(22)23)27-11-5-10-26-8-2-3-9-26/h12-13,21H,2-11H2,1H3,(H,24,25). The van der Waals surface area contributed by atoms with Gasteiger partial charge in [0, 0.05) is 36.4 Å². The maximum Gasteiger partial charge on any atom is 0.387 e. The van der Waals surface area contributed by atoms with Gasteiger partial charge in [-0.2, -0.15) is 8.78 Å². The summed E-state index contributed by atoms with van der Waals surface area (Å²) in [5.74, 6) is 0.404. The molecule has 0 atom stereocenters. The van der Waals surface area contributed by atoms with Gasteiger partial charge in [0.25, 0.3) is 0 Å². The molecular weight excluding hydrogens is 364 g/mol. The molecule has 1 aromatic heterocycles. The number of nitrogens with zero attached hydrogens (tertiary/aromatic N) is 2. The second-order valence-electron chi connectivity index (χ2n) is 7.46. The maximum absolute atomic E-state index is 13.0. The number of anilines is 1. The minimum absolute atomic E-state index is 0.0694. The van der Waals surface area contributed by atoms with Crippen molar-refractivity contribution in [3.8, 4) is 11.5 Å². The number of halogens is 2. The van der Waals surface area contributed by atoms with E-state index in [9.17, 15) is 8.78 Å². The van der Waals surface area contributed by atoms with Crippen molar-refractivity contribution in [2.24, 2.45) is 0 Å². The molecule has 1 aromatic carbocycles. The summed E-state index contributed by atoms with van der Waals surface area (Å²) in [6, 6.07) is 3.37. The van der Waals surface area contributed by atoms with Crippen LogP contribution in [0.15, 0.2) is 12.1 Å². The zero-order valence-corrected chi connectivity index (χ0v) is 16.3. The lowest BCUT2D eigenvalue weighted by Crippen LogP contribution is -2.22. The SMILES string of the molecule is CNc1c2c(nc3cc(OCCCN4CCCC4)c(OC(F)F)cc13)CCC2. The van der Waals surface area contributed by atoms with Crippen LogP contribution < -0.4 is 14.8 Å². The third kappa shape index (κ3) is 3.99. The molecule has 7 heteroatoms. The number of pyridine rings is 1. The summed E-state index contributed by atoms with van der Waals surface area (Å²) in [6.07, 6.45) is 6.32. The normalized spacial score (nSPS) is 16.7. The van der Waals surface area contributed by atoms with Crippen LogP contribution in [0, 0.1) is 0 Å². The Morgan fingerprint density at radius 1 is 1.14 bits per heavy atom. The predicted octanol–water partition coefficient (Wildman–Crippen LogP) is 4.23. The monoisotopic (exact) mass is 391 g/mol. The van der Waals surface area contributed by atoms with Gasteiger partial charge in [0.2, 0.25) is 0 Å². The average molecular weight is 391 g/mol. The van der Waals surface area contributed by atoms with Gasteiger partial charge in [-0.05, 0) is 63.2 Å². The Morgan fingerprint density at radius 2 is 1.96 bits per heavy atom. The summed E-state index contributed by atoms with van der Waals surface area (Å²) < 4.78 is 36.6. The Hall–Kier alpha value is -2.15. The number of benzene rings is 1. The van der Waals surface area contributed by atoms with E-state index in [1.165, 1.54) is 18.4 Å². The molecular formula is C21H27F2N3O2. The molecule has 0 amide bonds. The van der Waals surface area contributed by atoms with E-state index in [0.717, 1.165) is 67.6 Å². The Balaban J connectivity index is 1.59. The van der Waals surface area contributed by atoms with Crippen LogP contribution in [0.1, 0.15) is 36.9 Å². The number of hydrogen-bond donors (Lipinski definition) is 1. The second kappa shape index (κ2) is 8.47. The zero-order chi connectivity index (χ0) is 19.5. The lowest BCUT2D eigenvalue weighted by Gasteiger charge is -2.18. The molecule has 28 heavy (non-hydrogen) atoms. The van der Waals surface area contributed by atoms with Crippen molar-refractivity contribution in [2.45, 2.75) is 45.1 Å². The van der Waals surface area contributed by atoms with Crippen molar-refractivity contribution in [3.05, 3.63) is 23.4 Å². The molecule has 1 fully saturated rings. The summed E-state index contributed by atoms with van der Waals surface area (Å²) >= 11 is 0. The van der Waals surface area contributed by atoms with E-state index < -0.39 is 6.61 Å². The van der Waals surface area contributed by atoms with Crippen molar-refractivity contribution in [2.75, 3.05) is 38.6 Å². The van der Waals surface area contributed by atoms with Crippen LogP contribution in [-0.4, -0.2) is 49.8 Å². The topological polar surface area (TPSA) is 46.6 Å². The van der Waals surface area contributed by atoms with Gasteiger partial charge in [0.15, 0.2) is 11.5 Å². The van der Waals surface area contributed by atoms with Gasteiger partial charge in [-0.3, -0.25) is 4.98 Å². The largest absolute Gasteiger partial charge is 0.490 e. The molecule has 0 saturated carbocycles. The van der Waals surface area contributed by atoms with Crippen LogP contribution in [0.25, 0.3) is 10.9 Å². The summed E-state index contributed by atoms with van der Waals surface area (Å²) in [4.78, 5) is 7.17. The molecule has 152 valence electrons. The van der Waals surface area contributed by atoms with Crippen molar-refractivity contribution >= 4 is 16.6 Å². The lowest BCUT2D eigenvalue weighted by molar-refractivity contribution is -0.0514. The fraction of sp³-hybridized carbons (Fsp3) is 0.571. The van der Waals surface area contributed by atoms with Crippen molar-refractivity contribution < 1.29 is 18.3 Å². The van der Waals surface area contributed by atoms with Gasteiger partial charge in [-0.1, -0.05) is 0 Å². The number of ether oxygens (including phenoxy) is 2. The Kier molecular flexibility index (Phi) is 5.80. The fourth-order valence-corrected chi connectivity index (χ4v) is 4.33. The van der Waals surface area contributed by atoms with Gasteiger partial charge in [-0.15, -0.1) is 0 Å². The number of likely N-dealkylation sites (tertiary alicyclic amines) is 1. The number of alkyl halides is 2. The highest BCUT2D eigenvalue weighted by molar-refractivity contribution is 5.95. The Morgan fingerprint density at radius 3 is 2.71 bits per heavy atom. The number of nitrogens with one attached hydrogen (secondary N) is 1. The highest BCUT2D eigenvalue weighted by atomic mass is 19.3. The average Bonchev–Trinajstić information content (AvgIpc) is 3.34. The number of aryl methyl sites for hydroxylation is 1. The predicted molar refractivity (Wildman–Crippen MR) is 106 cm³/mol. The first-order valence-electron chi connectivity index (χ1n) is 10.1. The molecule has 0 bridgehead atoms. The van der Waals surface area contributed by atoms with Crippen LogP contribution in [0.3, 0.4) is 0 Å². The van der Waals surface area contributed by atoms with Crippen molar-refractivity contribution in [1.82, 2.24) is 9.88 Å². The van der Waals surface area contributed by atoms with Crippen molar-refractivity contribution in [1.29, 1.82) is 0 Å². The smallest absolute Gasteiger partial charge is 0.387 e. The number of rotatable bonds is 8. The van der Waals surface area contributed by atoms with E-state index in [4.69, 9.17) is 14.5 Å². The van der Waals surface area contributed by atoms with Crippen LogP contribution in [-0.2, 0) is 12.8 Å². The number of fused-ring (bicyclic) bond motifs is 2. The third-order valence-corrected chi connectivity index (χ3v) is 5.62. The maximum atomic E-state index is 13.0. The quantitative estimate of drug-likeness (QED) is 0.683. The second-order valence-corrected chi connectivity index (χ2v) is 7.46. The highest BCUT2D eigenvalue weighted by Crippen LogP contribution is 2.40. The van der Waals surface area contributed by atoms with E-state index in [2.05, 4.69) is 10.2 Å². The summed E-state index contributed by atoms with van der Waals surface area (Å²) in [5.41, 5.74) is 3.97. The minimum Gasteiger partial charge on any atom is -0.490 e. The Labute approximate surface area is 164 Å². The Bertz CT molecular complexity index is 838. The highest BCUT2D eigenvalue weighted by Gasteiger charge is 2.22. The minimum atomic E-state index is -2.90. The molecule has 1 saturated heterocycles. The van der Waals surface area contributed by atoms with Gasteiger partial charge in [-0.25, -0.2) is 0 Å². The molecule has 1 aliphatic carbocycles. The van der Waals surface area contributed by atoms with E-state index in [-0.39, 0.29) is 5.75 Å². The van der Waals surface area contributed by atoms with Gasteiger partial charge in [0.05, 0.1) is 12.1 Å². The van der Waals surface area contributed by atoms with Crippen LogP contribution in [0.2, 0.25) is 0 Å². The third-order valence-electron chi connectivity index (χ3n) is 5.62. The first-order chi connectivity index (χ1) is 13.7. The molecule has 2 aromatic rings. The van der Waals surface area contributed by atoms with Crippen LogP contribution in [0.5, 0.6) is 11.5 Å². The molecule has 2 aliphatic rings. The number of hydrogen-bond acceptors (Lipinski definition) is 5. The molecule has 0 unspecified atom stereocenters. The van der Waals surface area contributed by atoms with Crippen molar-refractivity contribution in [3.63, 3.8) is 0 Å². The first-order valence-corrected chi connectivity index (χ1v) is 10.1. The molecule has 2 heterocycles. The zero-order valence-electron chi connectivity index (χ0n) is 16.3.